The van der Waals surface area contributed by atoms with Crippen LogP contribution in [0.1, 0.15) is 93.5 Å². The van der Waals surface area contributed by atoms with Crippen molar-refractivity contribution in [1.82, 2.24) is 29.5 Å². The molecule has 0 aromatic carbocycles. The molecule has 4 heterocycles. The van der Waals surface area contributed by atoms with E-state index in [9.17, 15) is 8.42 Å². The Morgan fingerprint density at radius 2 is 1.85 bits per heavy atom. The van der Waals surface area contributed by atoms with Crippen molar-refractivity contribution in [2.24, 2.45) is 0 Å². The van der Waals surface area contributed by atoms with E-state index in [1.54, 1.807) is 6.33 Å². The lowest BCUT2D eigenvalue weighted by Gasteiger charge is -2.38. The van der Waals surface area contributed by atoms with Crippen molar-refractivity contribution in [2.45, 2.75) is 95.8 Å². The predicted molar refractivity (Wildman–Crippen MR) is 161 cm³/mol. The molecule has 0 atom stereocenters. The first-order valence-electron chi connectivity index (χ1n) is 14.8. The number of hydrogen-bond donors (Lipinski definition) is 1. The summed E-state index contributed by atoms with van der Waals surface area (Å²) in [7, 11) is -3.01. The van der Waals surface area contributed by atoms with E-state index < -0.39 is 14.6 Å². The van der Waals surface area contributed by atoms with E-state index in [-0.39, 0.29) is 0 Å². The summed E-state index contributed by atoms with van der Waals surface area (Å²) in [6.45, 7) is 12.5. The zero-order chi connectivity index (χ0) is 28.4. The summed E-state index contributed by atoms with van der Waals surface area (Å²) in [4.78, 5) is 15.9. The number of nitrogens with zero attached hydrogens (tertiary/aromatic N) is 5. The van der Waals surface area contributed by atoms with Crippen LogP contribution in [0.5, 0.6) is 0 Å². The van der Waals surface area contributed by atoms with E-state index in [2.05, 4.69) is 72.9 Å². The van der Waals surface area contributed by atoms with Crippen LogP contribution in [0.15, 0.2) is 24.7 Å². The first-order valence-corrected chi connectivity index (χ1v) is 16.7. The molecule has 0 radical (unpaired) electrons. The second-order valence-electron chi connectivity index (χ2n) is 12.5. The van der Waals surface area contributed by atoms with Gasteiger partial charge < -0.3 is 4.98 Å². The van der Waals surface area contributed by atoms with Gasteiger partial charge >= 0.3 is 0 Å². The number of rotatable bonds is 8. The Morgan fingerprint density at radius 1 is 1.12 bits per heavy atom. The molecule has 0 spiro atoms. The van der Waals surface area contributed by atoms with Crippen LogP contribution < -0.4 is 0 Å². The molecule has 2 saturated carbocycles. The zero-order valence-corrected chi connectivity index (χ0v) is 25.5. The second-order valence-corrected chi connectivity index (χ2v) is 15.0. The summed E-state index contributed by atoms with van der Waals surface area (Å²) in [6.07, 6.45) is 11.1. The molecule has 6 rings (SSSR count). The van der Waals surface area contributed by atoms with Crippen molar-refractivity contribution < 1.29 is 8.42 Å². The Bertz CT molecular complexity index is 1670. The van der Waals surface area contributed by atoms with Gasteiger partial charge in [-0.2, -0.15) is 5.10 Å². The molecular weight excluding hydrogens is 520 g/mol. The third kappa shape index (κ3) is 4.55. The van der Waals surface area contributed by atoms with Crippen molar-refractivity contribution in [3.8, 4) is 11.3 Å². The average molecular weight is 563 g/mol. The second kappa shape index (κ2) is 9.94. The van der Waals surface area contributed by atoms with Crippen LogP contribution in [-0.4, -0.2) is 68.0 Å². The minimum absolute atomic E-state index is 0.302. The summed E-state index contributed by atoms with van der Waals surface area (Å²) in [5, 5.41) is 4.41. The molecule has 8 nitrogen and oxygen atoms in total. The van der Waals surface area contributed by atoms with Gasteiger partial charge in [0.25, 0.3) is 0 Å². The molecule has 2 fully saturated rings. The van der Waals surface area contributed by atoms with Crippen LogP contribution in [0, 0.1) is 13.8 Å². The maximum atomic E-state index is 12.4. The van der Waals surface area contributed by atoms with Crippen LogP contribution in [-0.2, 0) is 9.84 Å². The molecule has 0 amide bonds. The normalized spacial score (nSPS) is 21.2. The third-order valence-corrected chi connectivity index (χ3v) is 11.9. The maximum Gasteiger partial charge on any atom is 0.158 e. The first-order chi connectivity index (χ1) is 19.0. The molecule has 2 aliphatic carbocycles. The van der Waals surface area contributed by atoms with Crippen LogP contribution in [0.4, 0.5) is 0 Å². The van der Waals surface area contributed by atoms with E-state index in [0.717, 1.165) is 78.6 Å². The van der Waals surface area contributed by atoms with Gasteiger partial charge in [0.15, 0.2) is 15.5 Å². The number of fused-ring (bicyclic) bond motifs is 2. The fourth-order valence-electron chi connectivity index (χ4n) is 6.95. The lowest BCUT2D eigenvalue weighted by Crippen LogP contribution is -2.45. The topological polar surface area (TPSA) is 96.2 Å². The molecule has 4 aromatic rings. The SMILES string of the molecule is CCN(CC1(S(C)(=O)=O)CC1)C1CCC(c2ccc3[nH]c(-c4cn5ncnc5c(C)c4C)c(C(C)C)c3n2)CC1. The molecule has 9 heteroatoms. The maximum absolute atomic E-state index is 12.4. The Labute approximate surface area is 237 Å². The summed E-state index contributed by atoms with van der Waals surface area (Å²) in [6, 6.07) is 4.86. The van der Waals surface area contributed by atoms with E-state index in [4.69, 9.17) is 4.98 Å². The van der Waals surface area contributed by atoms with Crippen molar-refractivity contribution in [3.05, 3.63) is 47.0 Å². The van der Waals surface area contributed by atoms with Gasteiger partial charge in [-0.25, -0.2) is 17.9 Å². The predicted octanol–water partition coefficient (Wildman–Crippen LogP) is 5.94. The Morgan fingerprint density at radius 3 is 2.48 bits per heavy atom. The van der Waals surface area contributed by atoms with E-state index in [1.807, 2.05) is 4.52 Å². The summed E-state index contributed by atoms with van der Waals surface area (Å²) in [5.41, 5.74) is 10.1. The average Bonchev–Trinajstić information content (AvgIpc) is 3.41. The number of aromatic amines is 1. The molecule has 0 aliphatic heterocycles. The third-order valence-electron chi connectivity index (χ3n) is 9.80. The number of sulfone groups is 1. The van der Waals surface area contributed by atoms with Crippen LogP contribution in [0.2, 0.25) is 0 Å². The molecule has 0 unspecified atom stereocenters. The number of aryl methyl sites for hydroxylation is 1. The zero-order valence-electron chi connectivity index (χ0n) is 24.7. The van der Waals surface area contributed by atoms with E-state index in [1.165, 1.54) is 23.1 Å². The number of aromatic nitrogens is 5. The number of nitrogens with one attached hydrogen (secondary N) is 1. The van der Waals surface area contributed by atoms with Crippen LogP contribution >= 0.6 is 0 Å². The monoisotopic (exact) mass is 562 g/mol. The van der Waals surface area contributed by atoms with E-state index >= 15 is 0 Å². The molecule has 214 valence electrons. The van der Waals surface area contributed by atoms with Crippen LogP contribution in [0.3, 0.4) is 0 Å². The van der Waals surface area contributed by atoms with Crippen molar-refractivity contribution in [3.63, 3.8) is 0 Å². The van der Waals surface area contributed by atoms with Gasteiger partial charge in [-0.1, -0.05) is 20.8 Å². The highest BCUT2D eigenvalue weighted by Gasteiger charge is 2.53. The Balaban J connectivity index is 1.27. The Kier molecular flexibility index (Phi) is 6.81. The highest BCUT2D eigenvalue weighted by Crippen LogP contribution is 2.45. The molecule has 0 saturated heterocycles. The molecule has 40 heavy (non-hydrogen) atoms. The summed E-state index contributed by atoms with van der Waals surface area (Å²) < 4.78 is 26.2. The summed E-state index contributed by atoms with van der Waals surface area (Å²) in [5.74, 6) is 0.731. The molecule has 1 N–H and O–H groups in total. The van der Waals surface area contributed by atoms with Gasteiger partial charge in [0.2, 0.25) is 0 Å². The molecular formula is C31H42N6O2S. The molecule has 2 aliphatic rings. The van der Waals surface area contributed by atoms with Gasteiger partial charge in [0.05, 0.1) is 21.5 Å². The minimum atomic E-state index is -3.01. The van der Waals surface area contributed by atoms with Crippen LogP contribution in [0.25, 0.3) is 27.9 Å². The van der Waals surface area contributed by atoms with E-state index in [0.29, 0.717) is 24.4 Å². The van der Waals surface area contributed by atoms with Gasteiger partial charge in [-0.05, 0) is 88.1 Å². The van der Waals surface area contributed by atoms with Crippen molar-refractivity contribution in [2.75, 3.05) is 19.3 Å². The highest BCUT2D eigenvalue weighted by molar-refractivity contribution is 7.92. The summed E-state index contributed by atoms with van der Waals surface area (Å²) >= 11 is 0. The Hall–Kier alpha value is -2.78. The highest BCUT2D eigenvalue weighted by atomic mass is 32.2. The lowest BCUT2D eigenvalue weighted by molar-refractivity contribution is 0.152. The number of H-pyrrole nitrogens is 1. The number of hydrogen-bond acceptors (Lipinski definition) is 6. The smallest absolute Gasteiger partial charge is 0.158 e. The molecule has 4 aromatic heterocycles. The van der Waals surface area contributed by atoms with Crippen molar-refractivity contribution >= 4 is 26.5 Å². The lowest BCUT2D eigenvalue weighted by atomic mass is 9.83. The van der Waals surface area contributed by atoms with Crippen molar-refractivity contribution in [1.29, 1.82) is 0 Å². The number of pyridine rings is 2. The largest absolute Gasteiger partial charge is 0.353 e. The first kappa shape index (κ1) is 27.4. The van der Waals surface area contributed by atoms with Gasteiger partial charge in [0.1, 0.15) is 6.33 Å². The molecule has 0 bridgehead atoms. The fourth-order valence-corrected chi connectivity index (χ4v) is 8.19. The minimum Gasteiger partial charge on any atom is -0.353 e. The van der Waals surface area contributed by atoms with Gasteiger partial charge in [-0.3, -0.25) is 9.88 Å². The standard InChI is InChI=1S/C31H42N6O2S/c1-7-36(17-31(14-15-31)40(6,38)39)23-10-8-22(9-11-23)25-12-13-26-29(34-25)27(19(2)3)28(35-26)24-16-37-30(32-18-33-37)21(5)20(24)4/h12-13,16,18-19,22-23,35H,7-11,14-15,17H2,1-6H3. The fraction of sp³-hybridized carbons (Fsp3) is 0.581. The van der Waals surface area contributed by atoms with Gasteiger partial charge in [0, 0.05) is 47.8 Å². The quantitative estimate of drug-likeness (QED) is 0.286. The van der Waals surface area contributed by atoms with Gasteiger partial charge in [-0.15, -0.1) is 0 Å².